The maximum Gasteiger partial charge on any atom is 0.426 e. The van der Waals surface area contributed by atoms with Crippen LogP contribution >= 0.6 is 11.6 Å². The number of aliphatic hydroxyl groups is 1. The molecule has 0 aliphatic heterocycles. The van der Waals surface area contributed by atoms with Gasteiger partial charge in [0.25, 0.3) is 5.91 Å². The molecule has 2 rings (SSSR count). The minimum Gasteiger partial charge on any atom is -0.373 e. The lowest BCUT2D eigenvalue weighted by molar-refractivity contribution is -0.242. The summed E-state index contributed by atoms with van der Waals surface area (Å²) in [7, 11) is -7.00. The second-order valence-corrected chi connectivity index (χ2v) is 11.4. The van der Waals surface area contributed by atoms with Crippen molar-refractivity contribution >= 4 is 48.8 Å². The summed E-state index contributed by atoms with van der Waals surface area (Å²) < 4.78 is 88.5. The van der Waals surface area contributed by atoms with Crippen LogP contribution in [0.2, 0.25) is 5.02 Å². The Balaban J connectivity index is 2.32. The Labute approximate surface area is 197 Å². The van der Waals surface area contributed by atoms with E-state index in [1.165, 1.54) is 7.05 Å². The van der Waals surface area contributed by atoms with Crippen LogP contribution in [-0.4, -0.2) is 58.3 Å². The molecule has 0 aliphatic rings. The van der Waals surface area contributed by atoms with Crippen molar-refractivity contribution in [2.75, 3.05) is 18.1 Å². The molecule has 3 N–H and O–H groups in total. The van der Waals surface area contributed by atoms with Gasteiger partial charge in [0, 0.05) is 7.05 Å². The van der Waals surface area contributed by atoms with Gasteiger partial charge in [-0.05, 0) is 49.4 Å². The molecule has 0 heterocycles. The van der Waals surface area contributed by atoms with Crippen LogP contribution in [-0.2, 0) is 29.3 Å². The largest absolute Gasteiger partial charge is 0.426 e. The first-order chi connectivity index (χ1) is 15.4. The fourth-order valence-corrected chi connectivity index (χ4v) is 5.21. The average Bonchev–Trinajstić information content (AvgIpc) is 2.73. The van der Waals surface area contributed by atoms with E-state index in [0.29, 0.717) is 0 Å². The average molecular weight is 543 g/mol. The summed E-state index contributed by atoms with van der Waals surface area (Å²) in [6.07, 6.45) is -5.27. The first kappa shape index (κ1) is 27.6. The lowest BCUT2D eigenvalue weighted by atomic mass is 10.1. The number of nitrogens with one attached hydrogen (secondary N) is 2. The van der Waals surface area contributed by atoms with E-state index in [2.05, 4.69) is 5.32 Å². The number of rotatable bonds is 7. The molecule has 0 radical (unpaired) electrons. The van der Waals surface area contributed by atoms with Crippen LogP contribution in [0.5, 0.6) is 0 Å². The van der Waals surface area contributed by atoms with E-state index >= 15 is 0 Å². The molecule has 2 aromatic carbocycles. The molecule has 0 aliphatic carbocycles. The zero-order chi connectivity index (χ0) is 26.1. The molecule has 186 valence electrons. The van der Waals surface area contributed by atoms with E-state index in [1.54, 1.807) is 5.32 Å². The van der Waals surface area contributed by atoms with Crippen molar-refractivity contribution in [3.8, 4) is 0 Å². The summed E-state index contributed by atoms with van der Waals surface area (Å²) in [6, 6.07) is 6.75. The maximum absolute atomic E-state index is 12.8. The van der Waals surface area contributed by atoms with Crippen molar-refractivity contribution in [3.63, 3.8) is 0 Å². The Morgan fingerprint density at radius 2 is 1.47 bits per heavy atom. The Kier molecular flexibility index (Phi) is 7.72. The van der Waals surface area contributed by atoms with Gasteiger partial charge >= 0.3 is 6.18 Å². The third kappa shape index (κ3) is 5.68. The smallest absolute Gasteiger partial charge is 0.373 e. The van der Waals surface area contributed by atoms with Gasteiger partial charge in [-0.1, -0.05) is 11.6 Å². The van der Waals surface area contributed by atoms with Crippen LogP contribution in [0.1, 0.15) is 6.92 Å². The van der Waals surface area contributed by atoms with Crippen molar-refractivity contribution in [2.24, 2.45) is 0 Å². The van der Waals surface area contributed by atoms with E-state index in [-0.39, 0.29) is 22.4 Å². The second-order valence-electron chi connectivity index (χ2n) is 7.07. The summed E-state index contributed by atoms with van der Waals surface area (Å²) in [5.74, 6) is -3.42. The van der Waals surface area contributed by atoms with E-state index in [9.17, 15) is 44.7 Å². The third-order valence-electron chi connectivity index (χ3n) is 4.59. The van der Waals surface area contributed by atoms with Gasteiger partial charge in [-0.15, -0.1) is 0 Å². The van der Waals surface area contributed by atoms with Crippen LogP contribution in [0.3, 0.4) is 0 Å². The number of anilines is 1. The van der Waals surface area contributed by atoms with Gasteiger partial charge < -0.3 is 15.7 Å². The SMILES string of the molecule is CNC(=O)CS(=O)(=O)c1ccc(S(=O)(=O)c2ccc(NC(=O)C(C)(O)C(F)(F)F)c(Cl)c2)cc1. The van der Waals surface area contributed by atoms with E-state index < -0.39 is 58.9 Å². The first-order valence-electron chi connectivity index (χ1n) is 9.12. The number of sulfone groups is 2. The van der Waals surface area contributed by atoms with Crippen LogP contribution in [0.15, 0.2) is 57.2 Å². The molecular weight excluding hydrogens is 525 g/mol. The highest BCUT2D eigenvalue weighted by atomic mass is 35.5. The monoisotopic (exact) mass is 542 g/mol. The van der Waals surface area contributed by atoms with Gasteiger partial charge in [0.2, 0.25) is 21.3 Å². The summed E-state index contributed by atoms with van der Waals surface area (Å²) in [6.45, 7) is 0.244. The lowest BCUT2D eigenvalue weighted by Crippen LogP contribution is -2.52. The van der Waals surface area contributed by atoms with Crippen LogP contribution < -0.4 is 10.6 Å². The van der Waals surface area contributed by atoms with E-state index in [0.717, 1.165) is 42.5 Å². The molecule has 0 saturated heterocycles. The number of amides is 2. The fraction of sp³-hybridized carbons (Fsp3) is 0.263. The molecule has 0 aromatic heterocycles. The highest BCUT2D eigenvalue weighted by Gasteiger charge is 2.55. The van der Waals surface area contributed by atoms with Gasteiger partial charge in [-0.3, -0.25) is 9.59 Å². The van der Waals surface area contributed by atoms with Gasteiger partial charge in [-0.2, -0.15) is 13.2 Å². The quantitative estimate of drug-likeness (QED) is 0.484. The molecule has 9 nitrogen and oxygen atoms in total. The molecule has 0 bridgehead atoms. The van der Waals surface area contributed by atoms with Gasteiger partial charge in [-0.25, -0.2) is 16.8 Å². The Hall–Kier alpha value is -2.68. The molecular formula is C19H18ClF3N2O7S2. The van der Waals surface area contributed by atoms with E-state index in [1.807, 2.05) is 0 Å². The van der Waals surface area contributed by atoms with Crippen molar-refractivity contribution in [1.29, 1.82) is 0 Å². The Morgan fingerprint density at radius 1 is 0.971 bits per heavy atom. The number of benzene rings is 2. The molecule has 2 aromatic rings. The minimum absolute atomic E-state index is 0.244. The predicted molar refractivity (Wildman–Crippen MR) is 115 cm³/mol. The zero-order valence-corrected chi connectivity index (χ0v) is 19.9. The molecule has 2 amide bonds. The maximum atomic E-state index is 12.8. The summed E-state index contributed by atoms with van der Waals surface area (Å²) in [5.41, 5.74) is -4.10. The second kappa shape index (κ2) is 9.52. The predicted octanol–water partition coefficient (Wildman–Crippen LogP) is 1.94. The van der Waals surface area contributed by atoms with Crippen molar-refractivity contribution < 1.29 is 44.7 Å². The normalized spacial score (nSPS) is 14.2. The standard InChI is InChI=1S/C19H18ClF3N2O7S2/c1-18(28,19(21,22)23)17(27)25-15-8-7-13(9-14(15)20)34(31,32)12-5-3-11(4-6-12)33(29,30)10-16(26)24-2/h3-9,28H,10H2,1-2H3,(H,24,26)(H,25,27). The molecule has 1 unspecified atom stereocenters. The van der Waals surface area contributed by atoms with Gasteiger partial charge in [0.05, 0.1) is 25.4 Å². The summed E-state index contributed by atoms with van der Waals surface area (Å²) in [4.78, 5) is 22.1. The summed E-state index contributed by atoms with van der Waals surface area (Å²) in [5, 5.41) is 12.9. The highest BCUT2D eigenvalue weighted by Crippen LogP contribution is 2.33. The number of hydrogen-bond acceptors (Lipinski definition) is 7. The van der Waals surface area contributed by atoms with Crippen molar-refractivity contribution in [1.82, 2.24) is 5.32 Å². The molecule has 34 heavy (non-hydrogen) atoms. The molecule has 15 heteroatoms. The Bertz CT molecular complexity index is 1320. The molecule has 0 spiro atoms. The topological polar surface area (TPSA) is 147 Å². The lowest BCUT2D eigenvalue weighted by Gasteiger charge is -2.25. The van der Waals surface area contributed by atoms with Crippen LogP contribution in [0.4, 0.5) is 18.9 Å². The van der Waals surface area contributed by atoms with E-state index in [4.69, 9.17) is 11.6 Å². The highest BCUT2D eigenvalue weighted by molar-refractivity contribution is 7.92. The zero-order valence-electron chi connectivity index (χ0n) is 17.5. The number of carbonyl (C=O) groups excluding carboxylic acids is 2. The fourth-order valence-electron chi connectivity index (χ4n) is 2.43. The van der Waals surface area contributed by atoms with Gasteiger partial charge in [0.15, 0.2) is 9.84 Å². The minimum atomic E-state index is -5.27. The Morgan fingerprint density at radius 3 is 1.94 bits per heavy atom. The van der Waals surface area contributed by atoms with Crippen LogP contribution in [0, 0.1) is 0 Å². The molecule has 1 atom stereocenters. The third-order valence-corrected chi connectivity index (χ3v) is 8.30. The number of hydrogen-bond donors (Lipinski definition) is 3. The van der Waals surface area contributed by atoms with Gasteiger partial charge in [0.1, 0.15) is 5.75 Å². The molecule has 0 saturated carbocycles. The number of halogens is 4. The first-order valence-corrected chi connectivity index (χ1v) is 12.6. The number of carbonyl (C=O) groups is 2. The summed E-state index contributed by atoms with van der Waals surface area (Å²) >= 11 is 5.92. The van der Waals surface area contributed by atoms with Crippen molar-refractivity contribution in [3.05, 3.63) is 47.5 Å². The molecule has 0 fully saturated rings. The van der Waals surface area contributed by atoms with Crippen molar-refractivity contribution in [2.45, 2.75) is 33.4 Å². The van der Waals surface area contributed by atoms with Crippen LogP contribution in [0.25, 0.3) is 0 Å². The number of alkyl halides is 3.